The number of carbonyl (C=O) groups excluding carboxylic acids is 1. The Morgan fingerprint density at radius 3 is 2.48 bits per heavy atom. The monoisotopic (exact) mass is 390 g/mol. The maximum absolute atomic E-state index is 12.0. The number of esters is 1. The van der Waals surface area contributed by atoms with Gasteiger partial charge in [0.2, 0.25) is 0 Å². The zero-order chi connectivity index (χ0) is 18.5. The third kappa shape index (κ3) is 9.93. The van der Waals surface area contributed by atoms with Crippen LogP contribution in [-0.2, 0) is 14.3 Å². The third-order valence-corrected chi connectivity index (χ3v) is 4.23. The van der Waals surface area contributed by atoms with Gasteiger partial charge in [-0.25, -0.2) is 0 Å². The van der Waals surface area contributed by atoms with E-state index >= 15 is 0 Å². The van der Waals surface area contributed by atoms with Gasteiger partial charge in [0.1, 0.15) is 12.4 Å². The molecule has 1 aromatic carbocycles. The number of methoxy groups -OCH3 is 1. The molecule has 142 valence electrons. The second-order valence-electron chi connectivity index (χ2n) is 5.97. The largest absolute Gasteiger partial charge is 0.488 e. The van der Waals surface area contributed by atoms with E-state index in [0.29, 0.717) is 22.2 Å². The molecule has 0 amide bonds. The molecule has 6 heteroatoms. The van der Waals surface area contributed by atoms with Gasteiger partial charge in [-0.3, -0.25) is 4.79 Å². The molecule has 4 nitrogen and oxygen atoms in total. The van der Waals surface area contributed by atoms with Crippen LogP contribution >= 0.6 is 23.2 Å². The first kappa shape index (κ1) is 22.1. The summed E-state index contributed by atoms with van der Waals surface area (Å²) in [5.74, 6) is 0.280. The Kier molecular flexibility index (Phi) is 11.7. The second kappa shape index (κ2) is 13.3. The van der Waals surface area contributed by atoms with Crippen LogP contribution in [0.4, 0.5) is 0 Å². The average molecular weight is 391 g/mol. The second-order valence-corrected chi connectivity index (χ2v) is 6.81. The zero-order valence-corrected chi connectivity index (χ0v) is 16.6. The zero-order valence-electron chi connectivity index (χ0n) is 15.1. The fourth-order valence-corrected chi connectivity index (χ4v) is 2.83. The van der Waals surface area contributed by atoms with Gasteiger partial charge in [0.15, 0.2) is 6.10 Å². The van der Waals surface area contributed by atoms with Gasteiger partial charge in [-0.15, -0.1) is 0 Å². The number of hydrogen-bond donors (Lipinski definition) is 0. The summed E-state index contributed by atoms with van der Waals surface area (Å²) in [6, 6.07) is 4.99. The summed E-state index contributed by atoms with van der Waals surface area (Å²) >= 11 is 11.9. The summed E-state index contributed by atoms with van der Waals surface area (Å²) < 4.78 is 16.2. The first-order valence-corrected chi connectivity index (χ1v) is 9.58. The van der Waals surface area contributed by atoms with Crippen molar-refractivity contribution in [1.29, 1.82) is 0 Å². The molecule has 1 aromatic rings. The van der Waals surface area contributed by atoms with Crippen molar-refractivity contribution in [2.45, 2.75) is 58.0 Å². The molecular formula is C19H28Cl2O4. The topological polar surface area (TPSA) is 44.8 Å². The minimum Gasteiger partial charge on any atom is -0.488 e. The van der Waals surface area contributed by atoms with E-state index in [1.54, 1.807) is 25.3 Å². The molecular weight excluding hydrogens is 363 g/mol. The van der Waals surface area contributed by atoms with E-state index in [4.69, 9.17) is 37.4 Å². The Morgan fingerprint density at radius 2 is 1.80 bits per heavy atom. The predicted octanol–water partition coefficient (Wildman–Crippen LogP) is 5.68. The molecule has 0 N–H and O–H groups in total. The van der Waals surface area contributed by atoms with Crippen LogP contribution in [-0.4, -0.2) is 32.4 Å². The van der Waals surface area contributed by atoms with Gasteiger partial charge in [-0.05, 0) is 24.6 Å². The molecule has 0 fully saturated rings. The quantitative estimate of drug-likeness (QED) is 0.321. The van der Waals surface area contributed by atoms with Crippen molar-refractivity contribution >= 4 is 29.2 Å². The van der Waals surface area contributed by atoms with E-state index in [-0.39, 0.29) is 19.2 Å². The van der Waals surface area contributed by atoms with E-state index in [2.05, 4.69) is 6.92 Å². The summed E-state index contributed by atoms with van der Waals surface area (Å²) in [5.41, 5.74) is 0. The SMILES string of the molecule is CCCCCCCCC(=O)OC(COC)COc1ccc(Cl)cc1Cl. The smallest absolute Gasteiger partial charge is 0.306 e. The van der Waals surface area contributed by atoms with Crippen LogP contribution in [0.1, 0.15) is 51.9 Å². The van der Waals surface area contributed by atoms with E-state index in [1.165, 1.54) is 25.7 Å². The Hall–Kier alpha value is -0.970. The lowest BCUT2D eigenvalue weighted by atomic mass is 10.1. The Bertz CT molecular complexity index is 508. The van der Waals surface area contributed by atoms with Crippen molar-refractivity contribution in [3.8, 4) is 5.75 Å². The van der Waals surface area contributed by atoms with Crippen LogP contribution in [0.25, 0.3) is 0 Å². The first-order chi connectivity index (χ1) is 12.1. The highest BCUT2D eigenvalue weighted by molar-refractivity contribution is 6.35. The van der Waals surface area contributed by atoms with E-state index in [0.717, 1.165) is 12.8 Å². The van der Waals surface area contributed by atoms with Crippen LogP contribution < -0.4 is 4.74 Å². The van der Waals surface area contributed by atoms with Crippen LogP contribution in [0.3, 0.4) is 0 Å². The number of rotatable bonds is 13. The van der Waals surface area contributed by atoms with Crippen LogP contribution in [0.15, 0.2) is 18.2 Å². The summed E-state index contributed by atoms with van der Waals surface area (Å²) in [6.45, 7) is 2.64. The molecule has 0 spiro atoms. The molecule has 0 aliphatic heterocycles. The summed E-state index contributed by atoms with van der Waals surface area (Å²) in [6.07, 6.45) is 6.74. The normalized spacial score (nSPS) is 12.0. The molecule has 25 heavy (non-hydrogen) atoms. The average Bonchev–Trinajstić information content (AvgIpc) is 2.57. The number of hydrogen-bond acceptors (Lipinski definition) is 4. The molecule has 0 saturated heterocycles. The van der Waals surface area contributed by atoms with Gasteiger partial charge in [0, 0.05) is 18.6 Å². The summed E-state index contributed by atoms with van der Waals surface area (Å²) in [5, 5.41) is 0.957. The highest BCUT2D eigenvalue weighted by Gasteiger charge is 2.16. The number of carbonyl (C=O) groups is 1. The molecule has 0 saturated carbocycles. The molecule has 1 rings (SSSR count). The summed E-state index contributed by atoms with van der Waals surface area (Å²) in [4.78, 5) is 12.0. The van der Waals surface area contributed by atoms with Crippen molar-refractivity contribution in [2.75, 3.05) is 20.3 Å². The maximum atomic E-state index is 12.0. The van der Waals surface area contributed by atoms with Crippen LogP contribution in [0.2, 0.25) is 10.0 Å². The molecule has 0 radical (unpaired) electrons. The maximum Gasteiger partial charge on any atom is 0.306 e. The summed E-state index contributed by atoms with van der Waals surface area (Å²) in [7, 11) is 1.56. The van der Waals surface area contributed by atoms with E-state index in [9.17, 15) is 4.79 Å². The lowest BCUT2D eigenvalue weighted by Crippen LogP contribution is -2.29. The molecule has 0 aliphatic rings. The molecule has 1 atom stereocenters. The van der Waals surface area contributed by atoms with Crippen LogP contribution in [0.5, 0.6) is 5.75 Å². The fourth-order valence-electron chi connectivity index (χ4n) is 2.37. The number of benzene rings is 1. The molecule has 0 aliphatic carbocycles. The van der Waals surface area contributed by atoms with Gasteiger partial charge < -0.3 is 14.2 Å². The van der Waals surface area contributed by atoms with Gasteiger partial charge in [0.05, 0.1) is 11.6 Å². The lowest BCUT2D eigenvalue weighted by molar-refractivity contribution is -0.153. The van der Waals surface area contributed by atoms with Crippen molar-refractivity contribution in [1.82, 2.24) is 0 Å². The standard InChI is InChI=1S/C19H28Cl2O4/c1-3-4-5-6-7-8-9-19(22)25-16(13-23-2)14-24-18-11-10-15(20)12-17(18)21/h10-12,16H,3-9,13-14H2,1-2H3. The van der Waals surface area contributed by atoms with Crippen LogP contribution in [0, 0.1) is 0 Å². The number of unbranched alkanes of at least 4 members (excludes halogenated alkanes) is 5. The number of ether oxygens (including phenoxy) is 3. The Balaban J connectivity index is 2.33. The Labute approximate surface area is 160 Å². The van der Waals surface area contributed by atoms with Crippen molar-refractivity contribution < 1.29 is 19.0 Å². The minimum atomic E-state index is -0.468. The fraction of sp³-hybridized carbons (Fsp3) is 0.632. The van der Waals surface area contributed by atoms with Gasteiger partial charge in [-0.1, -0.05) is 62.2 Å². The first-order valence-electron chi connectivity index (χ1n) is 8.83. The molecule has 0 heterocycles. The molecule has 0 bridgehead atoms. The highest BCUT2D eigenvalue weighted by Crippen LogP contribution is 2.27. The highest BCUT2D eigenvalue weighted by atomic mass is 35.5. The van der Waals surface area contributed by atoms with Gasteiger partial charge >= 0.3 is 5.97 Å². The van der Waals surface area contributed by atoms with E-state index < -0.39 is 6.10 Å². The Morgan fingerprint density at radius 1 is 1.08 bits per heavy atom. The third-order valence-electron chi connectivity index (χ3n) is 3.70. The molecule has 0 aromatic heterocycles. The van der Waals surface area contributed by atoms with Gasteiger partial charge in [-0.2, -0.15) is 0 Å². The molecule has 1 unspecified atom stereocenters. The van der Waals surface area contributed by atoms with Crippen molar-refractivity contribution in [3.05, 3.63) is 28.2 Å². The van der Waals surface area contributed by atoms with Crippen molar-refractivity contribution in [2.24, 2.45) is 0 Å². The van der Waals surface area contributed by atoms with Crippen molar-refractivity contribution in [3.63, 3.8) is 0 Å². The van der Waals surface area contributed by atoms with Gasteiger partial charge in [0.25, 0.3) is 0 Å². The predicted molar refractivity (Wildman–Crippen MR) is 102 cm³/mol. The number of halogens is 2. The lowest BCUT2D eigenvalue weighted by Gasteiger charge is -2.18. The van der Waals surface area contributed by atoms with E-state index in [1.807, 2.05) is 0 Å². The minimum absolute atomic E-state index is 0.178.